The molecule has 0 amide bonds. The number of hydrogen-bond donors (Lipinski definition) is 0. The lowest BCUT2D eigenvalue weighted by Gasteiger charge is -2.33. The zero-order valence-corrected chi connectivity index (χ0v) is 18.3. The van der Waals surface area contributed by atoms with E-state index < -0.39 is 0 Å². The Morgan fingerprint density at radius 3 is 2.52 bits per heavy atom. The van der Waals surface area contributed by atoms with Crippen molar-refractivity contribution < 1.29 is 28.4 Å². The van der Waals surface area contributed by atoms with E-state index in [-0.39, 0.29) is 19.0 Å². The molecule has 31 heavy (non-hydrogen) atoms. The lowest BCUT2D eigenvalue weighted by molar-refractivity contribution is -0.138. The third-order valence-corrected chi connectivity index (χ3v) is 5.54. The normalized spacial score (nSPS) is 17.9. The van der Waals surface area contributed by atoms with Crippen molar-refractivity contribution >= 4 is 10.8 Å². The number of ether oxygens (including phenoxy) is 6. The van der Waals surface area contributed by atoms with Gasteiger partial charge in [-0.3, -0.25) is 0 Å². The lowest BCUT2D eigenvalue weighted by Crippen LogP contribution is -2.28. The minimum atomic E-state index is -0.274. The molecule has 0 unspecified atom stereocenters. The third kappa shape index (κ3) is 4.32. The molecule has 3 aromatic rings. The van der Waals surface area contributed by atoms with E-state index in [4.69, 9.17) is 28.4 Å². The van der Waals surface area contributed by atoms with E-state index in [0.717, 1.165) is 33.2 Å². The van der Waals surface area contributed by atoms with E-state index in [2.05, 4.69) is 6.07 Å². The van der Waals surface area contributed by atoms with Gasteiger partial charge in [0, 0.05) is 18.7 Å². The lowest BCUT2D eigenvalue weighted by atomic mass is 9.91. The first-order valence-corrected chi connectivity index (χ1v) is 10.3. The zero-order chi connectivity index (χ0) is 21.8. The first-order chi connectivity index (χ1) is 15.2. The molecule has 0 N–H and O–H groups in total. The van der Waals surface area contributed by atoms with E-state index >= 15 is 0 Å². The monoisotopic (exact) mass is 424 g/mol. The molecular formula is C25H28O6. The van der Waals surface area contributed by atoms with Crippen LogP contribution in [-0.2, 0) is 27.4 Å². The molecule has 0 aliphatic carbocycles. The average molecular weight is 424 g/mol. The van der Waals surface area contributed by atoms with Gasteiger partial charge in [-0.05, 0) is 35.6 Å². The largest absolute Gasteiger partial charge is 0.497 e. The van der Waals surface area contributed by atoms with Gasteiger partial charge in [0.1, 0.15) is 36.8 Å². The maximum atomic E-state index is 6.42. The first kappa shape index (κ1) is 21.4. The predicted molar refractivity (Wildman–Crippen MR) is 118 cm³/mol. The Kier molecular flexibility index (Phi) is 6.61. The van der Waals surface area contributed by atoms with Crippen LogP contribution in [0.2, 0.25) is 0 Å². The Morgan fingerprint density at radius 2 is 1.81 bits per heavy atom. The quantitative estimate of drug-likeness (QED) is 0.474. The van der Waals surface area contributed by atoms with Gasteiger partial charge in [0.05, 0.1) is 32.3 Å². The molecule has 164 valence electrons. The molecule has 6 heteroatoms. The first-order valence-electron chi connectivity index (χ1n) is 10.3. The van der Waals surface area contributed by atoms with Crippen LogP contribution in [0, 0.1) is 0 Å². The van der Waals surface area contributed by atoms with Gasteiger partial charge in [-0.1, -0.05) is 30.3 Å². The van der Waals surface area contributed by atoms with Crippen molar-refractivity contribution in [2.75, 3.05) is 28.1 Å². The highest BCUT2D eigenvalue weighted by molar-refractivity contribution is 5.97. The summed E-state index contributed by atoms with van der Waals surface area (Å²) in [5.74, 6) is 2.15. The van der Waals surface area contributed by atoms with Crippen molar-refractivity contribution in [2.24, 2.45) is 0 Å². The molecule has 0 fully saturated rings. The standard InChI is InChI=1S/C25H28O6/c1-16-24(31-15-26-2)20-11-18-10-19(27-3)12-22(28-4)23(18)25(21(20)14-29-16)30-13-17-8-6-5-7-9-17/h5-12,16,24H,13-15H2,1-4H3/t16-,24-/m0/s1. The molecule has 1 aliphatic heterocycles. The molecule has 6 nitrogen and oxygen atoms in total. The Balaban J connectivity index is 1.88. The van der Waals surface area contributed by atoms with Crippen LogP contribution in [0.15, 0.2) is 48.5 Å². The Labute approximate surface area is 182 Å². The molecule has 0 radical (unpaired) electrons. The van der Waals surface area contributed by atoms with Gasteiger partial charge in [0.2, 0.25) is 0 Å². The summed E-state index contributed by atoms with van der Waals surface area (Å²) in [4.78, 5) is 0. The number of rotatable bonds is 8. The second-order valence-corrected chi connectivity index (χ2v) is 7.49. The Morgan fingerprint density at radius 1 is 1.00 bits per heavy atom. The minimum Gasteiger partial charge on any atom is -0.497 e. The highest BCUT2D eigenvalue weighted by Gasteiger charge is 2.32. The second-order valence-electron chi connectivity index (χ2n) is 7.49. The van der Waals surface area contributed by atoms with Gasteiger partial charge in [0.25, 0.3) is 0 Å². The second kappa shape index (κ2) is 9.56. The van der Waals surface area contributed by atoms with Gasteiger partial charge in [0.15, 0.2) is 0 Å². The van der Waals surface area contributed by atoms with Crippen molar-refractivity contribution in [1.29, 1.82) is 0 Å². The van der Waals surface area contributed by atoms with Gasteiger partial charge < -0.3 is 28.4 Å². The molecule has 0 bridgehead atoms. The van der Waals surface area contributed by atoms with Gasteiger partial charge >= 0.3 is 0 Å². The molecule has 0 aromatic heterocycles. The van der Waals surface area contributed by atoms with E-state index in [0.29, 0.717) is 24.7 Å². The fourth-order valence-electron chi connectivity index (χ4n) is 4.00. The van der Waals surface area contributed by atoms with Crippen molar-refractivity contribution in [3.05, 3.63) is 65.2 Å². The summed E-state index contributed by atoms with van der Waals surface area (Å²) in [5.41, 5.74) is 3.07. The fourth-order valence-corrected chi connectivity index (χ4v) is 4.00. The molecule has 4 rings (SSSR count). The topological polar surface area (TPSA) is 55.4 Å². The van der Waals surface area contributed by atoms with Crippen LogP contribution in [0.1, 0.15) is 29.7 Å². The molecule has 1 heterocycles. The number of methoxy groups -OCH3 is 3. The van der Waals surface area contributed by atoms with Crippen LogP contribution in [0.5, 0.6) is 17.2 Å². The van der Waals surface area contributed by atoms with Crippen molar-refractivity contribution in [3.63, 3.8) is 0 Å². The van der Waals surface area contributed by atoms with Gasteiger partial charge in [-0.15, -0.1) is 0 Å². The van der Waals surface area contributed by atoms with Gasteiger partial charge in [-0.2, -0.15) is 0 Å². The summed E-state index contributed by atoms with van der Waals surface area (Å²) in [6, 6.07) is 16.1. The van der Waals surface area contributed by atoms with Gasteiger partial charge in [-0.25, -0.2) is 0 Å². The number of fused-ring (bicyclic) bond motifs is 2. The molecule has 0 spiro atoms. The molecular weight excluding hydrogens is 396 g/mol. The molecule has 0 saturated carbocycles. The van der Waals surface area contributed by atoms with E-state index in [1.54, 1.807) is 21.3 Å². The van der Waals surface area contributed by atoms with Crippen molar-refractivity contribution in [1.82, 2.24) is 0 Å². The molecule has 2 atom stereocenters. The van der Waals surface area contributed by atoms with Crippen LogP contribution in [0.3, 0.4) is 0 Å². The van der Waals surface area contributed by atoms with Crippen LogP contribution in [0.4, 0.5) is 0 Å². The van der Waals surface area contributed by atoms with Crippen LogP contribution >= 0.6 is 0 Å². The van der Waals surface area contributed by atoms with Crippen molar-refractivity contribution in [3.8, 4) is 17.2 Å². The zero-order valence-electron chi connectivity index (χ0n) is 18.3. The minimum absolute atomic E-state index is 0.116. The number of hydrogen-bond acceptors (Lipinski definition) is 6. The Hall–Kier alpha value is -2.80. The molecule has 0 saturated heterocycles. The average Bonchev–Trinajstić information content (AvgIpc) is 2.81. The van der Waals surface area contributed by atoms with Crippen LogP contribution in [-0.4, -0.2) is 34.2 Å². The predicted octanol–water partition coefficient (Wildman–Crippen LogP) is 5.02. The highest BCUT2D eigenvalue weighted by atomic mass is 16.7. The van der Waals surface area contributed by atoms with E-state index in [1.165, 1.54) is 0 Å². The summed E-state index contributed by atoms with van der Waals surface area (Å²) in [5, 5.41) is 1.85. The summed E-state index contributed by atoms with van der Waals surface area (Å²) < 4.78 is 34.8. The van der Waals surface area contributed by atoms with Crippen molar-refractivity contribution in [2.45, 2.75) is 32.3 Å². The number of benzene rings is 3. The SMILES string of the molecule is COCO[C@@H]1c2cc3cc(OC)cc(OC)c3c(OCc3ccccc3)c2CO[C@H]1C. The maximum Gasteiger partial charge on any atom is 0.147 e. The smallest absolute Gasteiger partial charge is 0.147 e. The fraction of sp³-hybridized carbons (Fsp3) is 0.360. The van der Waals surface area contributed by atoms with Crippen LogP contribution in [0.25, 0.3) is 10.8 Å². The maximum absolute atomic E-state index is 6.42. The molecule has 1 aliphatic rings. The van der Waals surface area contributed by atoms with E-state index in [1.807, 2.05) is 49.4 Å². The molecule has 3 aromatic carbocycles. The highest BCUT2D eigenvalue weighted by Crippen LogP contribution is 2.46. The third-order valence-electron chi connectivity index (χ3n) is 5.54. The van der Waals surface area contributed by atoms with E-state index in [9.17, 15) is 0 Å². The summed E-state index contributed by atoms with van der Waals surface area (Å²) in [6.45, 7) is 3.04. The summed E-state index contributed by atoms with van der Waals surface area (Å²) in [6.07, 6.45) is -0.390. The van der Waals surface area contributed by atoms with Crippen LogP contribution < -0.4 is 14.2 Å². The summed E-state index contributed by atoms with van der Waals surface area (Å²) in [7, 11) is 4.91. The Bertz CT molecular complexity index is 1030. The summed E-state index contributed by atoms with van der Waals surface area (Å²) >= 11 is 0.